The number of nitrogens with zero attached hydrogens (tertiary/aromatic N) is 3. The maximum atomic E-state index is 13.7. The molecule has 7 rings (SSSR count). The van der Waals surface area contributed by atoms with Gasteiger partial charge in [0, 0.05) is 35.0 Å². The average molecular weight is 601 g/mol. The van der Waals surface area contributed by atoms with Crippen molar-refractivity contribution in [1.29, 1.82) is 0 Å². The number of aromatic nitrogens is 2. The molecule has 0 bridgehead atoms. The molecule has 4 heterocycles. The van der Waals surface area contributed by atoms with Gasteiger partial charge in [0.1, 0.15) is 28.6 Å². The van der Waals surface area contributed by atoms with Crippen molar-refractivity contribution in [1.82, 2.24) is 14.9 Å². The van der Waals surface area contributed by atoms with Crippen molar-refractivity contribution < 1.29 is 27.1 Å². The molecule has 0 saturated heterocycles. The summed E-state index contributed by atoms with van der Waals surface area (Å²) in [7, 11) is 1.49. The van der Waals surface area contributed by atoms with Crippen LogP contribution in [0, 0.1) is 5.82 Å². The first-order valence-corrected chi connectivity index (χ1v) is 13.8. The van der Waals surface area contributed by atoms with Gasteiger partial charge < -0.3 is 23.3 Å². The third-order valence-electron chi connectivity index (χ3n) is 7.49. The second kappa shape index (κ2) is 10.4. The fourth-order valence-electron chi connectivity index (χ4n) is 5.51. The molecule has 1 aliphatic rings. The number of ether oxygens (including phenoxy) is 1. The van der Waals surface area contributed by atoms with E-state index in [1.807, 2.05) is 34.9 Å². The number of furan rings is 1. The molecule has 1 N–H and O–H groups in total. The number of hydrogen-bond acceptors (Lipinski definition) is 6. The number of thiol groups is 1. The van der Waals surface area contributed by atoms with E-state index in [9.17, 15) is 18.0 Å². The van der Waals surface area contributed by atoms with E-state index in [-0.39, 0.29) is 16.9 Å². The van der Waals surface area contributed by atoms with Crippen LogP contribution in [0.2, 0.25) is 0 Å². The Morgan fingerprint density at radius 3 is 2.65 bits per heavy atom. The number of alkyl halides is 2. The molecule has 7 nitrogen and oxygen atoms in total. The smallest absolute Gasteiger partial charge is 0.256 e. The molecular weight excluding hydrogens is 577 g/mol. The van der Waals surface area contributed by atoms with Crippen LogP contribution in [0.1, 0.15) is 10.4 Å². The Hall–Kier alpha value is -4.90. The number of carbonyl (C=O) groups excluding carboxylic acids is 1. The number of para-hydroxylation sites is 1. The summed E-state index contributed by atoms with van der Waals surface area (Å²) < 4.78 is 56.1. The Labute approximate surface area is 249 Å². The van der Waals surface area contributed by atoms with E-state index in [0.29, 0.717) is 46.1 Å². The molecule has 3 aromatic carbocycles. The second-order valence-electron chi connectivity index (χ2n) is 10.1. The van der Waals surface area contributed by atoms with Crippen LogP contribution in [0.15, 0.2) is 83.3 Å². The van der Waals surface area contributed by atoms with Gasteiger partial charge in [-0.25, -0.2) is 18.2 Å². The lowest BCUT2D eigenvalue weighted by Gasteiger charge is -2.23. The van der Waals surface area contributed by atoms with Gasteiger partial charge in [0.15, 0.2) is 6.73 Å². The van der Waals surface area contributed by atoms with Crippen molar-refractivity contribution >= 4 is 46.3 Å². The minimum Gasteiger partial charge on any atom is -0.470 e. The highest BCUT2D eigenvalue weighted by Gasteiger charge is 2.27. The van der Waals surface area contributed by atoms with Gasteiger partial charge in [-0.3, -0.25) is 4.79 Å². The number of fused-ring (bicyclic) bond motifs is 6. The lowest BCUT2D eigenvalue weighted by molar-refractivity contribution is 0.0964. The molecule has 0 fully saturated rings. The minimum absolute atomic E-state index is 0.216. The molecule has 11 heteroatoms. The highest BCUT2D eigenvalue weighted by atomic mass is 32.1. The van der Waals surface area contributed by atoms with Crippen molar-refractivity contribution in [3.05, 3.63) is 90.2 Å². The zero-order valence-electron chi connectivity index (χ0n) is 22.6. The van der Waals surface area contributed by atoms with Crippen LogP contribution in [-0.2, 0) is 6.73 Å². The first kappa shape index (κ1) is 27.0. The Kier molecular flexibility index (Phi) is 6.54. The van der Waals surface area contributed by atoms with E-state index in [2.05, 4.69) is 18.1 Å². The van der Waals surface area contributed by atoms with Crippen molar-refractivity contribution in [2.45, 2.75) is 13.2 Å². The van der Waals surface area contributed by atoms with Gasteiger partial charge in [-0.15, -0.1) is 0 Å². The number of rotatable bonds is 6. The summed E-state index contributed by atoms with van der Waals surface area (Å²) in [6.07, 6.45) is -2.67. The minimum atomic E-state index is -2.67. The summed E-state index contributed by atoms with van der Waals surface area (Å²) in [5.41, 5.74) is 4.64. The van der Waals surface area contributed by atoms with Crippen LogP contribution < -0.4 is 14.4 Å². The van der Waals surface area contributed by atoms with Crippen LogP contribution >= 0.6 is 12.8 Å². The number of carbonyl (C=O) groups is 1. The van der Waals surface area contributed by atoms with Crippen molar-refractivity contribution in [2.75, 3.05) is 17.9 Å². The van der Waals surface area contributed by atoms with Crippen LogP contribution in [0.3, 0.4) is 0 Å². The summed E-state index contributed by atoms with van der Waals surface area (Å²) in [5.74, 6) is -0.0631. The van der Waals surface area contributed by atoms with Crippen LogP contribution in [0.4, 0.5) is 18.9 Å². The second-order valence-corrected chi connectivity index (χ2v) is 10.5. The largest absolute Gasteiger partial charge is 0.470 e. The van der Waals surface area contributed by atoms with E-state index < -0.39 is 24.7 Å². The fourth-order valence-corrected chi connectivity index (χ4v) is 5.80. The molecule has 216 valence electrons. The molecule has 0 aliphatic carbocycles. The summed E-state index contributed by atoms with van der Waals surface area (Å²) >= 11 is 4.39. The van der Waals surface area contributed by atoms with E-state index in [0.717, 1.165) is 20.9 Å². The van der Waals surface area contributed by atoms with E-state index >= 15 is 0 Å². The van der Waals surface area contributed by atoms with Crippen LogP contribution in [0.5, 0.6) is 5.75 Å². The highest BCUT2D eigenvalue weighted by molar-refractivity contribution is 7.81. The molecule has 0 atom stereocenters. The Morgan fingerprint density at radius 1 is 1.09 bits per heavy atom. The maximum Gasteiger partial charge on any atom is 0.256 e. The molecular formula is C32H23F3N4O3S. The standard InChI is InChI=1S/C32H23F3N4O3S/c1-36-32(40)29-21-13-20(22-10-11-26-30(37-22)25-12-18-4-2-3-5-23(18)38(25)16-41-26)24(39(43)15-28(34)35)14-27(21)42-31(29)17-6-8-19(33)9-7-17/h2-14,28,43H,15-16H2,1H3,(H,36,40). The van der Waals surface area contributed by atoms with E-state index in [4.69, 9.17) is 14.1 Å². The summed E-state index contributed by atoms with van der Waals surface area (Å²) in [6, 6.07) is 22.3. The third kappa shape index (κ3) is 4.56. The molecule has 0 spiro atoms. The van der Waals surface area contributed by atoms with Gasteiger partial charge in [-0.2, -0.15) is 0 Å². The molecule has 0 saturated carbocycles. The monoisotopic (exact) mass is 600 g/mol. The fraction of sp³-hybridized carbons (Fsp3) is 0.125. The molecule has 0 radical (unpaired) electrons. The van der Waals surface area contributed by atoms with E-state index in [1.54, 1.807) is 24.3 Å². The van der Waals surface area contributed by atoms with Gasteiger partial charge in [0.2, 0.25) is 0 Å². The molecule has 43 heavy (non-hydrogen) atoms. The predicted molar refractivity (Wildman–Crippen MR) is 162 cm³/mol. The number of nitrogens with one attached hydrogen (secondary N) is 1. The predicted octanol–water partition coefficient (Wildman–Crippen LogP) is 7.55. The Balaban J connectivity index is 1.46. The molecule has 1 amide bonds. The lowest BCUT2D eigenvalue weighted by atomic mass is 10.00. The number of amides is 1. The molecule has 0 unspecified atom stereocenters. The van der Waals surface area contributed by atoms with Gasteiger partial charge in [-0.05, 0) is 54.6 Å². The Bertz CT molecular complexity index is 2040. The number of benzene rings is 3. The van der Waals surface area contributed by atoms with Crippen LogP contribution in [-0.4, -0.2) is 35.5 Å². The van der Waals surface area contributed by atoms with Crippen molar-refractivity contribution in [3.8, 4) is 39.7 Å². The lowest BCUT2D eigenvalue weighted by Crippen LogP contribution is -2.20. The normalized spacial score (nSPS) is 12.3. The summed E-state index contributed by atoms with van der Waals surface area (Å²) in [5, 5.41) is 4.10. The maximum absolute atomic E-state index is 13.7. The van der Waals surface area contributed by atoms with Crippen molar-refractivity contribution in [3.63, 3.8) is 0 Å². The van der Waals surface area contributed by atoms with Gasteiger partial charge in [0.25, 0.3) is 12.3 Å². The van der Waals surface area contributed by atoms with E-state index in [1.165, 1.54) is 31.3 Å². The first-order chi connectivity index (χ1) is 20.8. The molecule has 1 aliphatic heterocycles. The summed E-state index contributed by atoms with van der Waals surface area (Å²) in [4.78, 5) is 18.1. The molecule has 3 aromatic heterocycles. The van der Waals surface area contributed by atoms with Gasteiger partial charge in [-0.1, -0.05) is 31.0 Å². The van der Waals surface area contributed by atoms with Gasteiger partial charge >= 0.3 is 0 Å². The van der Waals surface area contributed by atoms with Gasteiger partial charge in [0.05, 0.1) is 34.7 Å². The SMILES string of the molecule is CNC(=O)c1c(-c2ccc(F)cc2)oc2cc(N(S)CC(F)F)c(-c3ccc4c(n3)-c3cc5ccccc5n3CO4)cc12. The summed E-state index contributed by atoms with van der Waals surface area (Å²) in [6.45, 7) is -0.346. The first-order valence-electron chi connectivity index (χ1n) is 13.4. The van der Waals surface area contributed by atoms with Crippen LogP contribution in [0.25, 0.3) is 55.8 Å². The quantitative estimate of drug-likeness (QED) is 0.193. The number of anilines is 1. The zero-order valence-corrected chi connectivity index (χ0v) is 23.5. The average Bonchev–Trinajstić information content (AvgIpc) is 3.58. The van der Waals surface area contributed by atoms with Crippen molar-refractivity contribution in [2.24, 2.45) is 0 Å². The molecule has 6 aromatic rings. The third-order valence-corrected chi connectivity index (χ3v) is 7.87. The zero-order chi connectivity index (χ0) is 29.8. The number of pyridine rings is 1. The topological polar surface area (TPSA) is 72.5 Å². The number of hydrogen-bond donors (Lipinski definition) is 2. The Morgan fingerprint density at radius 2 is 1.88 bits per heavy atom. The highest BCUT2D eigenvalue weighted by Crippen LogP contribution is 2.43. The number of halogens is 3.